The van der Waals surface area contributed by atoms with E-state index < -0.39 is 0 Å². The van der Waals surface area contributed by atoms with Crippen LogP contribution in [0.4, 0.5) is 5.69 Å². The molecule has 3 heteroatoms. The van der Waals surface area contributed by atoms with Crippen LogP contribution in [0.2, 0.25) is 0 Å². The standard InChI is InChI=1S/C15H21N3/c1-4-10-18-13-9-7-8-12(16)14(13)17-15(18)11(5-2)6-3/h4,7-9,11H,1,5-6,10,16H2,2-3H3. The number of fused-ring (bicyclic) bond motifs is 1. The van der Waals surface area contributed by atoms with Gasteiger partial charge in [-0.25, -0.2) is 4.98 Å². The zero-order chi connectivity index (χ0) is 13.1. The van der Waals surface area contributed by atoms with E-state index in [1.807, 2.05) is 18.2 Å². The van der Waals surface area contributed by atoms with E-state index in [4.69, 9.17) is 10.7 Å². The normalized spacial score (nSPS) is 11.3. The minimum Gasteiger partial charge on any atom is -0.397 e. The summed E-state index contributed by atoms with van der Waals surface area (Å²) in [7, 11) is 0. The Morgan fingerprint density at radius 1 is 1.39 bits per heavy atom. The van der Waals surface area contributed by atoms with Gasteiger partial charge in [-0.15, -0.1) is 6.58 Å². The predicted octanol–water partition coefficient (Wildman–Crippen LogP) is 3.71. The summed E-state index contributed by atoms with van der Waals surface area (Å²) in [6, 6.07) is 5.97. The molecule has 0 bridgehead atoms. The molecule has 1 aromatic heterocycles. The van der Waals surface area contributed by atoms with Crippen LogP contribution in [-0.4, -0.2) is 9.55 Å². The lowest BCUT2D eigenvalue weighted by Crippen LogP contribution is -2.07. The van der Waals surface area contributed by atoms with Gasteiger partial charge >= 0.3 is 0 Å². The maximum absolute atomic E-state index is 6.02. The van der Waals surface area contributed by atoms with E-state index in [0.717, 1.165) is 41.9 Å². The Kier molecular flexibility index (Phi) is 3.70. The van der Waals surface area contributed by atoms with Gasteiger partial charge in [0.15, 0.2) is 0 Å². The molecule has 0 saturated carbocycles. The number of aromatic nitrogens is 2. The molecule has 0 aliphatic heterocycles. The number of imidazole rings is 1. The second-order valence-corrected chi connectivity index (χ2v) is 4.60. The van der Waals surface area contributed by atoms with Crippen LogP contribution in [0.3, 0.4) is 0 Å². The smallest absolute Gasteiger partial charge is 0.113 e. The summed E-state index contributed by atoms with van der Waals surface area (Å²) in [5.41, 5.74) is 8.79. The largest absolute Gasteiger partial charge is 0.397 e. The minimum absolute atomic E-state index is 0.483. The van der Waals surface area contributed by atoms with Crippen molar-refractivity contribution in [1.29, 1.82) is 0 Å². The highest BCUT2D eigenvalue weighted by atomic mass is 15.1. The lowest BCUT2D eigenvalue weighted by Gasteiger charge is -2.14. The second-order valence-electron chi connectivity index (χ2n) is 4.60. The average Bonchev–Trinajstić information content (AvgIpc) is 2.73. The fourth-order valence-corrected chi connectivity index (χ4v) is 2.47. The number of hydrogen-bond acceptors (Lipinski definition) is 2. The van der Waals surface area contributed by atoms with Crippen LogP contribution < -0.4 is 5.73 Å². The van der Waals surface area contributed by atoms with Gasteiger partial charge in [0.1, 0.15) is 11.3 Å². The SMILES string of the molecule is C=CCn1c(C(CC)CC)nc2c(N)cccc21. The van der Waals surface area contributed by atoms with Crippen LogP contribution in [0.5, 0.6) is 0 Å². The van der Waals surface area contributed by atoms with Crippen LogP contribution in [0.25, 0.3) is 11.0 Å². The van der Waals surface area contributed by atoms with Gasteiger partial charge in [-0.3, -0.25) is 0 Å². The van der Waals surface area contributed by atoms with Gasteiger partial charge in [-0.2, -0.15) is 0 Å². The van der Waals surface area contributed by atoms with Gasteiger partial charge in [0.05, 0.1) is 11.2 Å². The van der Waals surface area contributed by atoms with Crippen molar-refractivity contribution >= 4 is 16.7 Å². The first-order chi connectivity index (χ1) is 8.72. The number of rotatable bonds is 5. The van der Waals surface area contributed by atoms with E-state index in [1.54, 1.807) is 0 Å². The molecule has 1 heterocycles. The lowest BCUT2D eigenvalue weighted by molar-refractivity contribution is 0.573. The molecule has 96 valence electrons. The molecule has 0 unspecified atom stereocenters. The summed E-state index contributed by atoms with van der Waals surface area (Å²) in [6.07, 6.45) is 4.10. The second kappa shape index (κ2) is 5.25. The van der Waals surface area contributed by atoms with Crippen molar-refractivity contribution in [3.8, 4) is 0 Å². The van der Waals surface area contributed by atoms with Crippen LogP contribution >= 0.6 is 0 Å². The Hall–Kier alpha value is -1.77. The maximum Gasteiger partial charge on any atom is 0.113 e. The number of nitrogens with two attached hydrogens (primary N) is 1. The molecule has 0 radical (unpaired) electrons. The number of hydrogen-bond donors (Lipinski definition) is 1. The van der Waals surface area contributed by atoms with Gasteiger partial charge in [-0.1, -0.05) is 26.0 Å². The highest BCUT2D eigenvalue weighted by Gasteiger charge is 2.17. The molecular formula is C15H21N3. The first kappa shape index (κ1) is 12.7. The zero-order valence-electron chi connectivity index (χ0n) is 11.2. The summed E-state index contributed by atoms with van der Waals surface area (Å²) in [4.78, 5) is 4.76. The highest BCUT2D eigenvalue weighted by Crippen LogP contribution is 2.29. The van der Waals surface area contributed by atoms with E-state index in [9.17, 15) is 0 Å². The van der Waals surface area contributed by atoms with Crippen molar-refractivity contribution in [3.05, 3.63) is 36.7 Å². The van der Waals surface area contributed by atoms with Crippen LogP contribution in [0.15, 0.2) is 30.9 Å². The predicted molar refractivity (Wildman–Crippen MR) is 77.7 cm³/mol. The number of nitrogen functional groups attached to an aromatic ring is 1. The molecule has 18 heavy (non-hydrogen) atoms. The average molecular weight is 243 g/mol. The monoisotopic (exact) mass is 243 g/mol. The Bertz CT molecular complexity index is 550. The van der Waals surface area contributed by atoms with Gasteiger partial charge in [0.2, 0.25) is 0 Å². The highest BCUT2D eigenvalue weighted by molar-refractivity contribution is 5.87. The van der Waals surface area contributed by atoms with E-state index in [2.05, 4.69) is 31.1 Å². The Morgan fingerprint density at radius 2 is 2.11 bits per heavy atom. The van der Waals surface area contributed by atoms with Crippen molar-refractivity contribution in [1.82, 2.24) is 9.55 Å². The van der Waals surface area contributed by atoms with E-state index >= 15 is 0 Å². The number of para-hydroxylation sites is 1. The van der Waals surface area contributed by atoms with Crippen molar-refractivity contribution < 1.29 is 0 Å². The van der Waals surface area contributed by atoms with E-state index in [0.29, 0.717) is 5.92 Å². The van der Waals surface area contributed by atoms with Crippen molar-refractivity contribution in [2.75, 3.05) is 5.73 Å². The van der Waals surface area contributed by atoms with Gasteiger partial charge in [0, 0.05) is 12.5 Å². The van der Waals surface area contributed by atoms with Crippen LogP contribution in [0.1, 0.15) is 38.4 Å². The fraction of sp³-hybridized carbons (Fsp3) is 0.400. The molecule has 2 N–H and O–H groups in total. The van der Waals surface area contributed by atoms with Crippen molar-refractivity contribution in [3.63, 3.8) is 0 Å². The summed E-state index contributed by atoms with van der Waals surface area (Å²) < 4.78 is 2.23. The zero-order valence-corrected chi connectivity index (χ0v) is 11.2. The fourth-order valence-electron chi connectivity index (χ4n) is 2.47. The third-order valence-electron chi connectivity index (χ3n) is 3.50. The number of benzene rings is 1. The molecule has 1 aromatic carbocycles. The summed E-state index contributed by atoms with van der Waals surface area (Å²) >= 11 is 0. The molecule has 3 nitrogen and oxygen atoms in total. The number of anilines is 1. The Morgan fingerprint density at radius 3 is 2.72 bits per heavy atom. The van der Waals surface area contributed by atoms with E-state index in [-0.39, 0.29) is 0 Å². The molecule has 0 spiro atoms. The van der Waals surface area contributed by atoms with Crippen molar-refractivity contribution in [2.24, 2.45) is 0 Å². The molecule has 0 fully saturated rings. The summed E-state index contributed by atoms with van der Waals surface area (Å²) in [6.45, 7) is 9.03. The lowest BCUT2D eigenvalue weighted by atomic mass is 10.0. The molecule has 0 aliphatic rings. The number of nitrogens with zero attached hydrogens (tertiary/aromatic N) is 2. The van der Waals surface area contributed by atoms with Crippen LogP contribution in [-0.2, 0) is 6.54 Å². The topological polar surface area (TPSA) is 43.8 Å². The summed E-state index contributed by atoms with van der Waals surface area (Å²) in [5, 5.41) is 0. The molecular weight excluding hydrogens is 222 g/mol. The molecule has 0 atom stereocenters. The molecule has 2 rings (SSSR count). The van der Waals surface area contributed by atoms with Gasteiger partial charge in [0.25, 0.3) is 0 Å². The van der Waals surface area contributed by atoms with Crippen molar-refractivity contribution in [2.45, 2.75) is 39.2 Å². The van der Waals surface area contributed by atoms with Gasteiger partial charge < -0.3 is 10.3 Å². The Labute approximate surface area is 108 Å². The number of allylic oxidation sites excluding steroid dienone is 1. The first-order valence-electron chi connectivity index (χ1n) is 6.58. The summed E-state index contributed by atoms with van der Waals surface area (Å²) in [5.74, 6) is 1.62. The minimum atomic E-state index is 0.483. The van der Waals surface area contributed by atoms with Gasteiger partial charge in [-0.05, 0) is 25.0 Å². The van der Waals surface area contributed by atoms with E-state index in [1.165, 1.54) is 0 Å². The quantitative estimate of drug-likeness (QED) is 0.642. The Balaban J connectivity index is 2.67. The third-order valence-corrected chi connectivity index (χ3v) is 3.50. The molecule has 0 saturated heterocycles. The molecule has 2 aromatic rings. The molecule has 0 amide bonds. The van der Waals surface area contributed by atoms with Crippen LogP contribution in [0, 0.1) is 0 Å². The first-order valence-corrected chi connectivity index (χ1v) is 6.58. The third kappa shape index (κ3) is 2.01. The molecule has 0 aliphatic carbocycles. The maximum atomic E-state index is 6.02.